The van der Waals surface area contributed by atoms with Gasteiger partial charge in [0.2, 0.25) is 5.91 Å². The molecule has 1 N–H and O–H groups in total. The molecular formula is C17H24N2OS. The summed E-state index contributed by atoms with van der Waals surface area (Å²) in [6, 6.07) is 6.45. The van der Waals surface area contributed by atoms with Crippen molar-refractivity contribution < 1.29 is 4.79 Å². The molecule has 0 aliphatic carbocycles. The summed E-state index contributed by atoms with van der Waals surface area (Å²) in [7, 11) is 0. The highest BCUT2D eigenvalue weighted by Gasteiger charge is 2.29. The minimum atomic E-state index is -0.811. The van der Waals surface area contributed by atoms with Crippen molar-refractivity contribution in [2.75, 3.05) is 5.75 Å². The standard InChI is InChI=1S/C17H24N2OS/c1-11(2)17(6,10-18)19-15(20)9-21-16-13(4)7-12(3)8-14(16)5/h7-8,11H,9H2,1-6H3,(H,19,20)/t17-/m0/s1. The predicted octanol–water partition coefficient (Wildman–Crippen LogP) is 3.76. The first-order chi connectivity index (χ1) is 9.69. The molecule has 0 saturated heterocycles. The third-order valence-corrected chi connectivity index (χ3v) is 5.08. The van der Waals surface area contributed by atoms with E-state index in [4.69, 9.17) is 0 Å². The minimum Gasteiger partial charge on any atom is -0.337 e. The second-order valence-corrected chi connectivity index (χ2v) is 7.02. The normalized spacial score (nSPS) is 13.6. The van der Waals surface area contributed by atoms with E-state index in [1.54, 1.807) is 6.92 Å². The maximum atomic E-state index is 12.1. The molecule has 0 radical (unpaired) electrons. The van der Waals surface area contributed by atoms with Gasteiger partial charge in [-0.15, -0.1) is 11.8 Å². The van der Waals surface area contributed by atoms with Crippen LogP contribution in [-0.2, 0) is 4.79 Å². The van der Waals surface area contributed by atoms with Gasteiger partial charge in [0.25, 0.3) is 0 Å². The molecule has 3 nitrogen and oxygen atoms in total. The van der Waals surface area contributed by atoms with Crippen molar-refractivity contribution in [3.8, 4) is 6.07 Å². The number of carbonyl (C=O) groups is 1. The van der Waals surface area contributed by atoms with Crippen LogP contribution in [0.1, 0.15) is 37.5 Å². The molecule has 0 heterocycles. The topological polar surface area (TPSA) is 52.9 Å². The number of carbonyl (C=O) groups excluding carboxylic acids is 1. The highest BCUT2D eigenvalue weighted by atomic mass is 32.2. The van der Waals surface area contributed by atoms with E-state index in [9.17, 15) is 10.1 Å². The Kier molecular flexibility index (Phi) is 5.86. The maximum Gasteiger partial charge on any atom is 0.231 e. The van der Waals surface area contributed by atoms with Crippen LogP contribution in [0.4, 0.5) is 0 Å². The molecule has 0 aromatic heterocycles. The van der Waals surface area contributed by atoms with Crippen LogP contribution >= 0.6 is 11.8 Å². The zero-order chi connectivity index (χ0) is 16.2. The smallest absolute Gasteiger partial charge is 0.231 e. The summed E-state index contributed by atoms with van der Waals surface area (Å²) >= 11 is 1.53. The highest BCUT2D eigenvalue weighted by Crippen LogP contribution is 2.27. The van der Waals surface area contributed by atoms with E-state index in [0.29, 0.717) is 5.75 Å². The second-order valence-electron chi connectivity index (χ2n) is 6.03. The zero-order valence-corrected chi connectivity index (χ0v) is 14.5. The SMILES string of the molecule is Cc1cc(C)c(SCC(=O)N[C@@](C)(C#N)C(C)C)c(C)c1. The van der Waals surface area contributed by atoms with E-state index >= 15 is 0 Å². The summed E-state index contributed by atoms with van der Waals surface area (Å²) in [6.45, 7) is 11.8. The highest BCUT2D eigenvalue weighted by molar-refractivity contribution is 8.00. The van der Waals surface area contributed by atoms with E-state index < -0.39 is 5.54 Å². The van der Waals surface area contributed by atoms with Gasteiger partial charge in [0, 0.05) is 4.90 Å². The molecule has 0 saturated carbocycles. The Morgan fingerprint density at radius 1 is 1.33 bits per heavy atom. The number of rotatable bonds is 5. The van der Waals surface area contributed by atoms with Crippen LogP contribution in [-0.4, -0.2) is 17.2 Å². The number of hydrogen-bond acceptors (Lipinski definition) is 3. The molecule has 1 aromatic rings. The molecule has 0 spiro atoms. The van der Waals surface area contributed by atoms with Crippen molar-refractivity contribution >= 4 is 17.7 Å². The maximum absolute atomic E-state index is 12.1. The summed E-state index contributed by atoms with van der Waals surface area (Å²) in [5, 5.41) is 12.1. The van der Waals surface area contributed by atoms with E-state index in [0.717, 1.165) is 4.90 Å². The van der Waals surface area contributed by atoms with Crippen LogP contribution in [0.2, 0.25) is 0 Å². The van der Waals surface area contributed by atoms with Crippen molar-refractivity contribution in [3.05, 3.63) is 28.8 Å². The molecule has 0 aliphatic heterocycles. The largest absolute Gasteiger partial charge is 0.337 e. The lowest BCUT2D eigenvalue weighted by Crippen LogP contribution is -2.49. The van der Waals surface area contributed by atoms with E-state index in [2.05, 4.69) is 44.3 Å². The van der Waals surface area contributed by atoms with E-state index in [-0.39, 0.29) is 11.8 Å². The fourth-order valence-corrected chi connectivity index (χ4v) is 3.08. The molecule has 21 heavy (non-hydrogen) atoms. The molecule has 0 bridgehead atoms. The molecule has 114 valence electrons. The summed E-state index contributed by atoms with van der Waals surface area (Å²) in [5.41, 5.74) is 2.81. The molecule has 0 aliphatic rings. The van der Waals surface area contributed by atoms with Gasteiger partial charge in [-0.05, 0) is 44.7 Å². The summed E-state index contributed by atoms with van der Waals surface area (Å²) in [5.74, 6) is 0.297. The number of benzene rings is 1. The van der Waals surface area contributed by atoms with Crippen LogP contribution in [0.15, 0.2) is 17.0 Å². The lowest BCUT2D eigenvalue weighted by atomic mass is 9.90. The van der Waals surface area contributed by atoms with Gasteiger partial charge in [0.15, 0.2) is 0 Å². The number of amides is 1. The monoisotopic (exact) mass is 304 g/mol. The van der Waals surface area contributed by atoms with Crippen LogP contribution < -0.4 is 5.32 Å². The number of nitriles is 1. The number of hydrogen-bond donors (Lipinski definition) is 1. The van der Waals surface area contributed by atoms with Gasteiger partial charge in [-0.1, -0.05) is 31.5 Å². The Labute approximate surface area is 132 Å². The fourth-order valence-electron chi connectivity index (χ4n) is 2.16. The minimum absolute atomic E-state index is 0.0688. The van der Waals surface area contributed by atoms with Gasteiger partial charge in [0.1, 0.15) is 5.54 Å². The zero-order valence-electron chi connectivity index (χ0n) is 13.7. The van der Waals surface area contributed by atoms with Gasteiger partial charge in [-0.2, -0.15) is 5.26 Å². The Morgan fingerprint density at radius 3 is 2.29 bits per heavy atom. The lowest BCUT2D eigenvalue weighted by molar-refractivity contribution is -0.120. The first kappa shape index (κ1) is 17.6. The third-order valence-electron chi connectivity index (χ3n) is 3.74. The number of thioether (sulfide) groups is 1. The van der Waals surface area contributed by atoms with Crippen LogP contribution in [0.25, 0.3) is 0 Å². The van der Waals surface area contributed by atoms with Crippen LogP contribution in [0.5, 0.6) is 0 Å². The predicted molar refractivity (Wildman–Crippen MR) is 88.4 cm³/mol. The molecule has 0 unspecified atom stereocenters. The summed E-state index contributed by atoms with van der Waals surface area (Å²) in [6.07, 6.45) is 0. The molecule has 1 amide bonds. The number of nitrogens with zero attached hydrogens (tertiary/aromatic N) is 1. The van der Waals surface area contributed by atoms with Crippen LogP contribution in [0.3, 0.4) is 0 Å². The Morgan fingerprint density at radius 2 is 1.86 bits per heavy atom. The van der Waals surface area contributed by atoms with E-state index in [1.807, 2.05) is 13.8 Å². The number of nitrogens with one attached hydrogen (secondary N) is 1. The first-order valence-electron chi connectivity index (χ1n) is 7.12. The Bertz CT molecular complexity index is 552. The van der Waals surface area contributed by atoms with Gasteiger partial charge in [-0.3, -0.25) is 4.79 Å². The fraction of sp³-hybridized carbons (Fsp3) is 0.529. The van der Waals surface area contributed by atoms with Crippen molar-refractivity contribution in [2.45, 2.75) is 52.0 Å². The van der Waals surface area contributed by atoms with Crippen molar-refractivity contribution in [1.82, 2.24) is 5.32 Å². The van der Waals surface area contributed by atoms with Crippen molar-refractivity contribution in [1.29, 1.82) is 5.26 Å². The van der Waals surface area contributed by atoms with Gasteiger partial charge < -0.3 is 5.32 Å². The summed E-state index contributed by atoms with van der Waals surface area (Å²) < 4.78 is 0. The Hall–Kier alpha value is -1.47. The average Bonchev–Trinajstić information content (AvgIpc) is 2.36. The molecule has 4 heteroatoms. The van der Waals surface area contributed by atoms with Crippen molar-refractivity contribution in [3.63, 3.8) is 0 Å². The Balaban J connectivity index is 2.73. The van der Waals surface area contributed by atoms with Crippen LogP contribution in [0, 0.1) is 38.0 Å². The molecular weight excluding hydrogens is 280 g/mol. The molecule has 1 rings (SSSR count). The number of aryl methyl sites for hydroxylation is 3. The van der Waals surface area contributed by atoms with E-state index in [1.165, 1.54) is 28.5 Å². The molecule has 1 atom stereocenters. The quantitative estimate of drug-likeness (QED) is 0.843. The lowest BCUT2D eigenvalue weighted by Gasteiger charge is -2.27. The first-order valence-corrected chi connectivity index (χ1v) is 8.11. The van der Waals surface area contributed by atoms with Gasteiger partial charge >= 0.3 is 0 Å². The summed E-state index contributed by atoms with van der Waals surface area (Å²) in [4.78, 5) is 13.3. The van der Waals surface area contributed by atoms with Crippen molar-refractivity contribution in [2.24, 2.45) is 5.92 Å². The van der Waals surface area contributed by atoms with Gasteiger partial charge in [-0.25, -0.2) is 0 Å². The molecule has 1 aromatic carbocycles. The molecule has 0 fully saturated rings. The second kappa shape index (κ2) is 7.00. The third kappa shape index (κ3) is 4.50. The van der Waals surface area contributed by atoms with Gasteiger partial charge in [0.05, 0.1) is 11.8 Å². The average molecular weight is 304 g/mol.